The largest absolute Gasteiger partial charge is 0.479 e. The molecule has 0 bridgehead atoms. The summed E-state index contributed by atoms with van der Waals surface area (Å²) in [5, 5.41) is 8.77. The molecule has 0 spiro atoms. The lowest BCUT2D eigenvalue weighted by molar-refractivity contribution is -0.148. The van der Waals surface area contributed by atoms with Crippen molar-refractivity contribution in [3.8, 4) is 5.75 Å². The monoisotopic (exact) mass is 232 g/mol. The van der Waals surface area contributed by atoms with Crippen LogP contribution in [0, 0.1) is 0 Å². The van der Waals surface area contributed by atoms with Crippen molar-refractivity contribution < 1.29 is 28.2 Å². The molecule has 1 aromatic carbocycles. The van der Waals surface area contributed by atoms with Crippen LogP contribution in [0.25, 0.3) is 0 Å². The molecule has 0 saturated carbocycles. The first kappa shape index (κ1) is 12.4. The predicted octanol–water partition coefficient (Wildman–Crippen LogP) is 2.06. The number of ether oxygens (including phenoxy) is 2. The fourth-order valence-corrected chi connectivity index (χ4v) is 1.20. The van der Waals surface area contributed by atoms with Crippen LogP contribution in [-0.4, -0.2) is 24.8 Å². The summed E-state index contributed by atoms with van der Waals surface area (Å²) in [5.41, 5.74) is 0.358. The van der Waals surface area contributed by atoms with Gasteiger partial charge in [-0.2, -0.15) is 8.78 Å². The molecule has 1 unspecified atom stereocenters. The fraction of sp³-hybridized carbons (Fsp3) is 0.300. The third kappa shape index (κ3) is 3.16. The van der Waals surface area contributed by atoms with Crippen molar-refractivity contribution >= 4 is 5.97 Å². The van der Waals surface area contributed by atoms with Gasteiger partial charge in [0.25, 0.3) is 0 Å². The minimum Gasteiger partial charge on any atom is -0.479 e. The van der Waals surface area contributed by atoms with E-state index in [2.05, 4.69) is 4.74 Å². The summed E-state index contributed by atoms with van der Waals surface area (Å²) in [6.07, 6.45) is -1.11. The maximum atomic E-state index is 11.8. The van der Waals surface area contributed by atoms with Crippen LogP contribution in [0.2, 0.25) is 0 Å². The highest BCUT2D eigenvalue weighted by molar-refractivity contribution is 5.74. The maximum absolute atomic E-state index is 11.8. The minimum atomic E-state index is -2.90. The van der Waals surface area contributed by atoms with E-state index < -0.39 is 18.7 Å². The average Bonchev–Trinajstić information content (AvgIpc) is 2.20. The number of methoxy groups -OCH3 is 1. The second kappa shape index (κ2) is 5.41. The molecule has 0 aliphatic heterocycles. The second-order valence-corrected chi connectivity index (χ2v) is 2.90. The summed E-state index contributed by atoms with van der Waals surface area (Å²) in [5.74, 6) is -1.18. The lowest BCUT2D eigenvalue weighted by Crippen LogP contribution is -2.13. The lowest BCUT2D eigenvalue weighted by Gasteiger charge is -2.11. The van der Waals surface area contributed by atoms with Gasteiger partial charge in [-0.1, -0.05) is 12.1 Å². The first-order valence-electron chi connectivity index (χ1n) is 4.35. The molecule has 88 valence electrons. The zero-order valence-corrected chi connectivity index (χ0v) is 8.39. The quantitative estimate of drug-likeness (QED) is 0.844. The van der Waals surface area contributed by atoms with Crippen LogP contribution in [0.3, 0.4) is 0 Å². The van der Waals surface area contributed by atoms with Crippen LogP contribution in [0.1, 0.15) is 11.7 Å². The van der Waals surface area contributed by atoms with Crippen LogP contribution < -0.4 is 4.74 Å². The molecule has 0 aliphatic rings. The molecular weight excluding hydrogens is 222 g/mol. The molecular formula is C10H10F2O4. The van der Waals surface area contributed by atoms with Crippen molar-refractivity contribution in [1.82, 2.24) is 0 Å². The van der Waals surface area contributed by atoms with E-state index in [1.807, 2.05) is 0 Å². The molecule has 1 aromatic rings. The SMILES string of the molecule is COC(C(=O)O)c1ccc(OC(F)F)cc1. The molecule has 0 aliphatic carbocycles. The normalized spacial score (nSPS) is 12.5. The van der Waals surface area contributed by atoms with Gasteiger partial charge in [-0.25, -0.2) is 4.79 Å². The molecule has 0 heterocycles. The van der Waals surface area contributed by atoms with E-state index in [9.17, 15) is 13.6 Å². The molecule has 0 amide bonds. The Hall–Kier alpha value is -1.69. The molecule has 6 heteroatoms. The van der Waals surface area contributed by atoms with Crippen molar-refractivity contribution in [2.24, 2.45) is 0 Å². The standard InChI is InChI=1S/C10H10F2O4/c1-15-8(9(13)14)6-2-4-7(5-3-6)16-10(11)12/h2-5,8,10H,1H3,(H,13,14). The number of hydrogen-bond acceptors (Lipinski definition) is 3. The van der Waals surface area contributed by atoms with Crippen molar-refractivity contribution in [1.29, 1.82) is 0 Å². The lowest BCUT2D eigenvalue weighted by atomic mass is 10.1. The van der Waals surface area contributed by atoms with Gasteiger partial charge in [0, 0.05) is 7.11 Å². The number of halogens is 2. The van der Waals surface area contributed by atoms with Crippen molar-refractivity contribution in [3.05, 3.63) is 29.8 Å². The van der Waals surface area contributed by atoms with Crippen molar-refractivity contribution in [2.75, 3.05) is 7.11 Å². The van der Waals surface area contributed by atoms with Crippen LogP contribution >= 0.6 is 0 Å². The van der Waals surface area contributed by atoms with Gasteiger partial charge in [0.15, 0.2) is 6.10 Å². The molecule has 0 fully saturated rings. The summed E-state index contributed by atoms with van der Waals surface area (Å²) in [6, 6.07) is 5.24. The molecule has 0 saturated heterocycles. The van der Waals surface area contributed by atoms with Crippen molar-refractivity contribution in [2.45, 2.75) is 12.7 Å². The Morgan fingerprint density at radius 3 is 2.25 bits per heavy atom. The average molecular weight is 232 g/mol. The van der Waals surface area contributed by atoms with Gasteiger partial charge in [0.2, 0.25) is 0 Å². The molecule has 1 rings (SSSR count). The van der Waals surface area contributed by atoms with Crippen LogP contribution in [0.15, 0.2) is 24.3 Å². The summed E-state index contributed by atoms with van der Waals surface area (Å²) < 4.78 is 32.5. The smallest absolute Gasteiger partial charge is 0.387 e. The number of carbonyl (C=O) groups is 1. The number of rotatable bonds is 5. The van der Waals surface area contributed by atoms with E-state index in [1.54, 1.807) is 0 Å². The Bertz CT molecular complexity index is 350. The van der Waals surface area contributed by atoms with Crippen LogP contribution in [0.4, 0.5) is 8.78 Å². The Labute approximate surface area is 90.4 Å². The van der Waals surface area contributed by atoms with Gasteiger partial charge in [0.1, 0.15) is 5.75 Å². The number of carboxylic acids is 1. The Morgan fingerprint density at radius 1 is 1.31 bits per heavy atom. The highest BCUT2D eigenvalue weighted by Gasteiger charge is 2.18. The molecule has 0 radical (unpaired) electrons. The van der Waals surface area contributed by atoms with Gasteiger partial charge in [-0.15, -0.1) is 0 Å². The van der Waals surface area contributed by atoms with E-state index in [4.69, 9.17) is 9.84 Å². The van der Waals surface area contributed by atoms with E-state index in [0.717, 1.165) is 0 Å². The number of benzene rings is 1. The number of alkyl halides is 2. The third-order valence-electron chi connectivity index (χ3n) is 1.87. The topological polar surface area (TPSA) is 55.8 Å². The van der Waals surface area contributed by atoms with Crippen molar-refractivity contribution in [3.63, 3.8) is 0 Å². The van der Waals surface area contributed by atoms with Gasteiger partial charge >= 0.3 is 12.6 Å². The molecule has 0 aromatic heterocycles. The van der Waals surface area contributed by atoms with E-state index >= 15 is 0 Å². The summed E-state index contributed by atoms with van der Waals surface area (Å²) >= 11 is 0. The van der Waals surface area contributed by atoms with Gasteiger partial charge in [0.05, 0.1) is 0 Å². The van der Waals surface area contributed by atoms with E-state index in [1.165, 1.54) is 31.4 Å². The Balaban J connectivity index is 2.81. The maximum Gasteiger partial charge on any atom is 0.387 e. The van der Waals surface area contributed by atoms with Crippen LogP contribution in [0.5, 0.6) is 5.75 Å². The van der Waals surface area contributed by atoms with E-state index in [0.29, 0.717) is 5.56 Å². The Morgan fingerprint density at radius 2 is 1.88 bits per heavy atom. The number of hydrogen-bond donors (Lipinski definition) is 1. The summed E-state index contributed by atoms with van der Waals surface area (Å²) in [6.45, 7) is -2.90. The number of carboxylic acid groups (broad SMARTS) is 1. The molecule has 1 N–H and O–H groups in total. The fourth-order valence-electron chi connectivity index (χ4n) is 1.20. The molecule has 4 nitrogen and oxygen atoms in total. The van der Waals surface area contributed by atoms with E-state index in [-0.39, 0.29) is 5.75 Å². The third-order valence-corrected chi connectivity index (χ3v) is 1.87. The minimum absolute atomic E-state index is 0.0287. The van der Waals surface area contributed by atoms with Gasteiger partial charge in [-0.05, 0) is 17.7 Å². The Kier molecular flexibility index (Phi) is 4.19. The summed E-state index contributed by atoms with van der Waals surface area (Å²) in [7, 11) is 1.25. The van der Waals surface area contributed by atoms with Gasteiger partial charge in [-0.3, -0.25) is 0 Å². The first-order chi connectivity index (χ1) is 7.54. The zero-order chi connectivity index (χ0) is 12.1. The zero-order valence-electron chi connectivity index (χ0n) is 8.39. The molecule has 16 heavy (non-hydrogen) atoms. The first-order valence-corrected chi connectivity index (χ1v) is 4.35. The van der Waals surface area contributed by atoms with Gasteiger partial charge < -0.3 is 14.6 Å². The van der Waals surface area contributed by atoms with Crippen LogP contribution in [-0.2, 0) is 9.53 Å². The molecule has 1 atom stereocenters. The summed E-state index contributed by atoms with van der Waals surface area (Å²) in [4.78, 5) is 10.7. The highest BCUT2D eigenvalue weighted by Crippen LogP contribution is 2.21. The number of aliphatic carboxylic acids is 1. The second-order valence-electron chi connectivity index (χ2n) is 2.90. The highest BCUT2D eigenvalue weighted by atomic mass is 19.3. The predicted molar refractivity (Wildman–Crippen MR) is 50.5 cm³/mol.